The van der Waals surface area contributed by atoms with Crippen molar-refractivity contribution in [3.63, 3.8) is 0 Å². The molecule has 2 aromatic rings. The first-order valence-corrected chi connectivity index (χ1v) is 6.74. The van der Waals surface area contributed by atoms with Gasteiger partial charge in [0.05, 0.1) is 18.2 Å². The number of nitrogens with two attached hydrogens (primary N) is 1. The first-order valence-electron chi connectivity index (χ1n) is 5.57. The van der Waals surface area contributed by atoms with Crippen LogP contribution in [0.3, 0.4) is 0 Å². The molecule has 0 aromatic heterocycles. The van der Waals surface area contributed by atoms with Crippen LogP contribution in [-0.2, 0) is 0 Å². The summed E-state index contributed by atoms with van der Waals surface area (Å²) in [6, 6.07) is 9.23. The topological polar surface area (TPSA) is 35.2 Å². The molecule has 0 saturated heterocycles. The Morgan fingerprint density at radius 1 is 1.26 bits per heavy atom. The van der Waals surface area contributed by atoms with Crippen LogP contribution in [0.15, 0.2) is 40.9 Å². The van der Waals surface area contributed by atoms with Crippen LogP contribution >= 0.6 is 27.5 Å². The monoisotopic (exact) mass is 343 g/mol. The maximum absolute atomic E-state index is 13.3. The molecule has 0 heterocycles. The molecule has 0 fully saturated rings. The largest absolute Gasteiger partial charge is 0.495 e. The first kappa shape index (κ1) is 14.3. The normalized spacial score (nSPS) is 12.3. The van der Waals surface area contributed by atoms with Gasteiger partial charge in [-0.15, -0.1) is 0 Å². The summed E-state index contributed by atoms with van der Waals surface area (Å²) < 4.78 is 19.1. The zero-order valence-corrected chi connectivity index (χ0v) is 12.5. The van der Waals surface area contributed by atoms with E-state index in [1.54, 1.807) is 25.3 Å². The van der Waals surface area contributed by atoms with Gasteiger partial charge in [0, 0.05) is 4.47 Å². The van der Waals surface area contributed by atoms with Crippen molar-refractivity contribution in [1.29, 1.82) is 0 Å². The maximum Gasteiger partial charge on any atom is 0.137 e. The lowest BCUT2D eigenvalue weighted by molar-refractivity contribution is 0.415. The molecule has 1 atom stereocenters. The molecule has 2 aromatic carbocycles. The predicted molar refractivity (Wildman–Crippen MR) is 78.1 cm³/mol. The van der Waals surface area contributed by atoms with E-state index in [1.165, 1.54) is 12.1 Å². The molecule has 100 valence electrons. The molecular formula is C14H12BrClFNO. The van der Waals surface area contributed by atoms with E-state index in [0.29, 0.717) is 16.3 Å². The number of halogens is 3. The van der Waals surface area contributed by atoms with Crippen LogP contribution in [0.2, 0.25) is 5.02 Å². The van der Waals surface area contributed by atoms with Gasteiger partial charge in [-0.05, 0) is 41.5 Å². The van der Waals surface area contributed by atoms with Gasteiger partial charge in [-0.1, -0.05) is 33.6 Å². The van der Waals surface area contributed by atoms with Crippen molar-refractivity contribution in [2.24, 2.45) is 5.73 Å². The van der Waals surface area contributed by atoms with E-state index in [9.17, 15) is 4.39 Å². The third-order valence-electron chi connectivity index (χ3n) is 2.83. The fraction of sp³-hybridized carbons (Fsp3) is 0.143. The second kappa shape index (κ2) is 5.90. The Kier molecular flexibility index (Phi) is 4.45. The summed E-state index contributed by atoms with van der Waals surface area (Å²) in [5.41, 5.74) is 7.61. The number of benzene rings is 2. The molecular weight excluding hydrogens is 333 g/mol. The van der Waals surface area contributed by atoms with E-state index >= 15 is 0 Å². The summed E-state index contributed by atoms with van der Waals surface area (Å²) in [7, 11) is 1.55. The summed E-state index contributed by atoms with van der Waals surface area (Å²) in [5.74, 6) is 0.254. The maximum atomic E-state index is 13.3. The molecule has 1 unspecified atom stereocenters. The molecule has 2 N–H and O–H groups in total. The van der Waals surface area contributed by atoms with E-state index in [2.05, 4.69) is 15.9 Å². The van der Waals surface area contributed by atoms with Gasteiger partial charge in [0.25, 0.3) is 0 Å². The summed E-state index contributed by atoms with van der Waals surface area (Å²) in [5, 5.41) is 0.475. The third-order valence-corrected chi connectivity index (χ3v) is 3.85. The van der Waals surface area contributed by atoms with Crippen molar-refractivity contribution in [1.82, 2.24) is 0 Å². The predicted octanol–water partition coefficient (Wildman–Crippen LogP) is 4.30. The van der Waals surface area contributed by atoms with Gasteiger partial charge < -0.3 is 10.5 Å². The van der Waals surface area contributed by atoms with E-state index in [1.807, 2.05) is 6.07 Å². The Labute approximate surface area is 124 Å². The minimum Gasteiger partial charge on any atom is -0.495 e. The summed E-state index contributed by atoms with van der Waals surface area (Å²) in [4.78, 5) is 0. The van der Waals surface area contributed by atoms with Crippen LogP contribution < -0.4 is 10.5 Å². The van der Waals surface area contributed by atoms with Crippen molar-refractivity contribution >= 4 is 27.5 Å². The molecule has 0 amide bonds. The Morgan fingerprint density at radius 2 is 2.00 bits per heavy atom. The molecule has 2 rings (SSSR count). The zero-order chi connectivity index (χ0) is 14.0. The van der Waals surface area contributed by atoms with Crippen LogP contribution in [0.5, 0.6) is 5.75 Å². The fourth-order valence-electron chi connectivity index (χ4n) is 1.81. The van der Waals surface area contributed by atoms with Gasteiger partial charge in [-0.2, -0.15) is 0 Å². The van der Waals surface area contributed by atoms with Crippen LogP contribution in [0.4, 0.5) is 4.39 Å². The highest BCUT2D eigenvalue weighted by Crippen LogP contribution is 2.32. The number of methoxy groups -OCH3 is 1. The van der Waals surface area contributed by atoms with Crippen LogP contribution in [0.1, 0.15) is 17.2 Å². The molecule has 0 aliphatic rings. The van der Waals surface area contributed by atoms with Crippen molar-refractivity contribution in [3.05, 3.63) is 62.8 Å². The van der Waals surface area contributed by atoms with Crippen molar-refractivity contribution in [2.45, 2.75) is 6.04 Å². The van der Waals surface area contributed by atoms with Crippen LogP contribution in [-0.4, -0.2) is 7.11 Å². The molecule has 0 aliphatic carbocycles. The van der Waals surface area contributed by atoms with Crippen molar-refractivity contribution < 1.29 is 9.13 Å². The molecule has 0 bridgehead atoms. The molecule has 0 radical (unpaired) electrons. The number of hydrogen-bond acceptors (Lipinski definition) is 2. The molecule has 0 aliphatic heterocycles. The lowest BCUT2D eigenvalue weighted by atomic mass is 9.99. The quantitative estimate of drug-likeness (QED) is 0.901. The average Bonchev–Trinajstić information content (AvgIpc) is 2.40. The molecule has 19 heavy (non-hydrogen) atoms. The highest BCUT2D eigenvalue weighted by atomic mass is 79.9. The third kappa shape index (κ3) is 3.08. The van der Waals surface area contributed by atoms with Gasteiger partial charge in [0.15, 0.2) is 0 Å². The standard InChI is InChI=1S/C14H12BrClFNO/c1-19-13-5-2-8(6-12(13)16)14(18)10-7-9(17)3-4-11(10)15/h2-7,14H,18H2,1H3. The highest BCUT2D eigenvalue weighted by Gasteiger charge is 2.14. The second-order valence-electron chi connectivity index (χ2n) is 4.04. The van der Waals surface area contributed by atoms with E-state index < -0.39 is 6.04 Å². The summed E-state index contributed by atoms with van der Waals surface area (Å²) in [6.07, 6.45) is 0. The Balaban J connectivity index is 2.41. The fourth-order valence-corrected chi connectivity index (χ4v) is 2.57. The Bertz CT molecular complexity index is 606. The Hall–Kier alpha value is -1.10. The van der Waals surface area contributed by atoms with Gasteiger partial charge in [-0.3, -0.25) is 0 Å². The Morgan fingerprint density at radius 3 is 2.63 bits per heavy atom. The van der Waals surface area contributed by atoms with Gasteiger partial charge in [0.2, 0.25) is 0 Å². The molecule has 0 saturated carbocycles. The lowest BCUT2D eigenvalue weighted by Crippen LogP contribution is -2.13. The minimum atomic E-state index is -0.464. The van der Waals surface area contributed by atoms with Crippen LogP contribution in [0, 0.1) is 5.82 Å². The SMILES string of the molecule is COc1ccc(C(N)c2cc(F)ccc2Br)cc1Cl. The number of rotatable bonds is 3. The molecule has 5 heteroatoms. The van der Waals surface area contributed by atoms with Gasteiger partial charge in [0.1, 0.15) is 11.6 Å². The van der Waals surface area contributed by atoms with Crippen molar-refractivity contribution in [2.75, 3.05) is 7.11 Å². The summed E-state index contributed by atoms with van der Waals surface area (Å²) >= 11 is 9.44. The van der Waals surface area contributed by atoms with E-state index in [4.69, 9.17) is 22.1 Å². The first-order chi connectivity index (χ1) is 9.02. The molecule has 0 spiro atoms. The van der Waals surface area contributed by atoms with E-state index in [-0.39, 0.29) is 5.82 Å². The molecule has 2 nitrogen and oxygen atoms in total. The lowest BCUT2D eigenvalue weighted by Gasteiger charge is -2.15. The second-order valence-corrected chi connectivity index (χ2v) is 5.30. The average molecular weight is 345 g/mol. The van der Waals surface area contributed by atoms with Crippen LogP contribution in [0.25, 0.3) is 0 Å². The van der Waals surface area contributed by atoms with E-state index in [0.717, 1.165) is 10.0 Å². The van der Waals surface area contributed by atoms with Crippen molar-refractivity contribution in [3.8, 4) is 5.75 Å². The van der Waals surface area contributed by atoms with Gasteiger partial charge >= 0.3 is 0 Å². The smallest absolute Gasteiger partial charge is 0.137 e. The summed E-state index contributed by atoms with van der Waals surface area (Å²) in [6.45, 7) is 0. The zero-order valence-electron chi connectivity index (χ0n) is 10.2. The van der Waals surface area contributed by atoms with Gasteiger partial charge in [-0.25, -0.2) is 4.39 Å². The minimum absolute atomic E-state index is 0.326. The highest BCUT2D eigenvalue weighted by molar-refractivity contribution is 9.10. The number of ether oxygens (including phenoxy) is 1. The number of hydrogen-bond donors (Lipinski definition) is 1.